The molecule has 6 nitrogen and oxygen atoms in total. The number of ether oxygens (including phenoxy) is 1. The fourth-order valence-corrected chi connectivity index (χ4v) is 1.83. The summed E-state index contributed by atoms with van der Waals surface area (Å²) < 4.78 is 10.9. The van der Waals surface area contributed by atoms with Crippen LogP contribution in [-0.2, 0) is 0 Å². The third-order valence-electron chi connectivity index (χ3n) is 2.80. The summed E-state index contributed by atoms with van der Waals surface area (Å²) in [5, 5.41) is 9.68. The SMILES string of the molecule is CC(C#Cc1occc1OC1=CC=CCC1=S)N(O)C(N)=O. The Hall–Kier alpha value is -2.56. The highest BCUT2D eigenvalue weighted by Crippen LogP contribution is 2.23. The van der Waals surface area contributed by atoms with Gasteiger partial charge in [-0.1, -0.05) is 30.3 Å². The minimum Gasteiger partial charge on any atom is -0.452 e. The monoisotopic (exact) mass is 318 g/mol. The van der Waals surface area contributed by atoms with Crippen molar-refractivity contribution >= 4 is 23.1 Å². The fourth-order valence-electron chi connectivity index (χ4n) is 1.62. The van der Waals surface area contributed by atoms with Crippen LogP contribution in [0.25, 0.3) is 0 Å². The van der Waals surface area contributed by atoms with Gasteiger partial charge in [-0.25, -0.2) is 4.79 Å². The first-order chi connectivity index (χ1) is 10.5. The number of hydrogen-bond donors (Lipinski definition) is 2. The molecule has 0 aliphatic heterocycles. The lowest BCUT2D eigenvalue weighted by Crippen LogP contribution is -2.38. The molecule has 1 aromatic heterocycles. The Morgan fingerprint density at radius 2 is 2.41 bits per heavy atom. The number of thiocarbonyl (C=S) groups is 1. The van der Waals surface area contributed by atoms with Crippen molar-refractivity contribution in [3.63, 3.8) is 0 Å². The highest BCUT2D eigenvalue weighted by atomic mass is 32.1. The largest absolute Gasteiger partial charge is 0.452 e. The summed E-state index contributed by atoms with van der Waals surface area (Å²) in [5.41, 5.74) is 4.95. The molecule has 1 unspecified atom stereocenters. The van der Waals surface area contributed by atoms with Crippen LogP contribution in [0.4, 0.5) is 4.79 Å². The predicted octanol–water partition coefficient (Wildman–Crippen LogP) is 2.38. The Morgan fingerprint density at radius 3 is 3.09 bits per heavy atom. The molecular weight excluding hydrogens is 304 g/mol. The van der Waals surface area contributed by atoms with Crippen LogP contribution < -0.4 is 10.5 Å². The van der Waals surface area contributed by atoms with E-state index in [4.69, 9.17) is 27.1 Å². The molecule has 2 rings (SSSR count). The number of nitrogens with zero attached hydrogens (tertiary/aromatic N) is 1. The Morgan fingerprint density at radius 1 is 1.64 bits per heavy atom. The summed E-state index contributed by atoms with van der Waals surface area (Å²) in [6.45, 7) is 1.52. The van der Waals surface area contributed by atoms with Crippen molar-refractivity contribution in [3.05, 3.63) is 42.1 Å². The van der Waals surface area contributed by atoms with Crippen molar-refractivity contribution in [2.75, 3.05) is 0 Å². The van der Waals surface area contributed by atoms with E-state index in [0.29, 0.717) is 27.9 Å². The average Bonchev–Trinajstić information content (AvgIpc) is 2.93. The summed E-state index contributed by atoms with van der Waals surface area (Å²) in [4.78, 5) is 11.5. The maximum Gasteiger partial charge on any atom is 0.339 e. The van der Waals surface area contributed by atoms with Gasteiger partial charge in [0.15, 0.2) is 5.75 Å². The summed E-state index contributed by atoms with van der Waals surface area (Å²) in [6.07, 6.45) is 7.63. The van der Waals surface area contributed by atoms with Crippen molar-refractivity contribution in [2.45, 2.75) is 19.4 Å². The molecule has 0 fully saturated rings. The molecule has 1 heterocycles. The standard InChI is InChI=1S/C15H14N2O4S/c1-10(17(19)15(16)18)6-7-11-12(8-9-20-11)21-13-4-2-3-5-14(13)22/h2-4,8-10,19H,5H2,1H3,(H2,16,18). The second-order valence-corrected chi connectivity index (χ2v) is 4.92. The minimum atomic E-state index is -0.984. The lowest BCUT2D eigenvalue weighted by Gasteiger charge is -2.14. The van der Waals surface area contributed by atoms with Crippen LogP contribution in [0.5, 0.6) is 5.75 Å². The van der Waals surface area contributed by atoms with E-state index in [-0.39, 0.29) is 5.76 Å². The summed E-state index contributed by atoms with van der Waals surface area (Å²) in [7, 11) is 0. The van der Waals surface area contributed by atoms with Crippen LogP contribution in [0, 0.1) is 11.8 Å². The molecule has 1 aliphatic carbocycles. The minimum absolute atomic E-state index is 0.267. The Kier molecular flexibility index (Phi) is 4.99. The lowest BCUT2D eigenvalue weighted by molar-refractivity contribution is -0.0536. The number of primary amides is 1. The van der Waals surface area contributed by atoms with Crippen LogP contribution in [-0.4, -0.2) is 27.2 Å². The van der Waals surface area contributed by atoms with Gasteiger partial charge in [-0.2, -0.15) is 5.06 Å². The third kappa shape index (κ3) is 3.75. The van der Waals surface area contributed by atoms with Gasteiger partial charge < -0.3 is 14.9 Å². The number of hydroxylamine groups is 2. The van der Waals surface area contributed by atoms with Gasteiger partial charge in [-0.15, -0.1) is 0 Å². The van der Waals surface area contributed by atoms with E-state index in [1.807, 2.05) is 12.2 Å². The maximum atomic E-state index is 10.8. The van der Waals surface area contributed by atoms with Gasteiger partial charge in [0.2, 0.25) is 5.76 Å². The Labute approximate surface area is 132 Å². The number of carbonyl (C=O) groups is 1. The molecular formula is C15H14N2O4S. The average molecular weight is 318 g/mol. The number of urea groups is 1. The van der Waals surface area contributed by atoms with Crippen LogP contribution >= 0.6 is 12.2 Å². The number of nitrogens with two attached hydrogens (primary N) is 1. The second kappa shape index (κ2) is 6.93. The van der Waals surface area contributed by atoms with Crippen LogP contribution in [0.15, 0.2) is 40.7 Å². The van der Waals surface area contributed by atoms with E-state index >= 15 is 0 Å². The van der Waals surface area contributed by atoms with Crippen molar-refractivity contribution in [1.82, 2.24) is 5.06 Å². The van der Waals surface area contributed by atoms with E-state index in [1.54, 1.807) is 12.1 Å². The van der Waals surface area contributed by atoms with E-state index in [0.717, 1.165) is 0 Å². The molecule has 1 atom stereocenters. The van der Waals surface area contributed by atoms with Crippen LogP contribution in [0.1, 0.15) is 19.1 Å². The molecule has 0 saturated heterocycles. The molecule has 0 radical (unpaired) electrons. The van der Waals surface area contributed by atoms with Crippen molar-refractivity contribution in [2.24, 2.45) is 5.73 Å². The van der Waals surface area contributed by atoms with Gasteiger partial charge in [-0.05, 0) is 18.9 Å². The first-order valence-corrected chi connectivity index (χ1v) is 6.84. The lowest BCUT2D eigenvalue weighted by atomic mass is 10.1. The highest BCUT2D eigenvalue weighted by molar-refractivity contribution is 7.80. The quantitative estimate of drug-likeness (QED) is 0.386. The van der Waals surface area contributed by atoms with Gasteiger partial charge in [0.1, 0.15) is 11.8 Å². The number of hydrogen-bond acceptors (Lipinski definition) is 5. The van der Waals surface area contributed by atoms with Crippen molar-refractivity contribution in [1.29, 1.82) is 0 Å². The van der Waals surface area contributed by atoms with Crippen molar-refractivity contribution < 1.29 is 19.2 Å². The molecule has 22 heavy (non-hydrogen) atoms. The van der Waals surface area contributed by atoms with Gasteiger partial charge in [0.25, 0.3) is 0 Å². The molecule has 1 aromatic rings. The van der Waals surface area contributed by atoms with E-state index < -0.39 is 12.1 Å². The normalized spacial score (nSPS) is 14.6. The van der Waals surface area contributed by atoms with Crippen LogP contribution in [0.2, 0.25) is 0 Å². The number of furan rings is 1. The number of carbonyl (C=O) groups excluding carboxylic acids is 1. The molecule has 0 spiro atoms. The molecule has 2 amide bonds. The zero-order valence-electron chi connectivity index (χ0n) is 11.8. The molecule has 1 aliphatic rings. The van der Waals surface area contributed by atoms with E-state index in [2.05, 4.69) is 11.8 Å². The van der Waals surface area contributed by atoms with Gasteiger partial charge >= 0.3 is 6.03 Å². The number of allylic oxidation sites excluding steroid dienone is 4. The Bertz CT molecular complexity index is 709. The third-order valence-corrected chi connectivity index (χ3v) is 3.17. The topological polar surface area (TPSA) is 88.9 Å². The first-order valence-electron chi connectivity index (χ1n) is 6.43. The van der Waals surface area contributed by atoms with E-state index in [1.165, 1.54) is 13.2 Å². The van der Waals surface area contributed by atoms with Gasteiger partial charge in [-0.3, -0.25) is 5.21 Å². The Balaban J connectivity index is 2.14. The summed E-state index contributed by atoms with van der Waals surface area (Å²) >= 11 is 5.21. The molecule has 7 heteroatoms. The van der Waals surface area contributed by atoms with E-state index in [9.17, 15) is 10.0 Å². The summed E-state index contributed by atoms with van der Waals surface area (Å²) in [5.74, 6) is 6.58. The summed E-state index contributed by atoms with van der Waals surface area (Å²) in [6, 6.07) is -0.156. The highest BCUT2D eigenvalue weighted by Gasteiger charge is 2.15. The zero-order chi connectivity index (χ0) is 16.1. The fraction of sp³-hybridized carbons (Fsp3) is 0.200. The first kappa shape index (κ1) is 15.8. The number of rotatable bonds is 3. The smallest absolute Gasteiger partial charge is 0.339 e. The number of amides is 2. The van der Waals surface area contributed by atoms with Crippen molar-refractivity contribution in [3.8, 4) is 17.6 Å². The van der Waals surface area contributed by atoms with Gasteiger partial charge in [0, 0.05) is 12.5 Å². The molecule has 0 bridgehead atoms. The molecule has 114 valence electrons. The van der Waals surface area contributed by atoms with Gasteiger partial charge in [0.05, 0.1) is 11.1 Å². The molecule has 3 N–H and O–H groups in total. The molecule has 0 aromatic carbocycles. The second-order valence-electron chi connectivity index (χ2n) is 4.43. The van der Waals surface area contributed by atoms with Crippen LogP contribution in [0.3, 0.4) is 0 Å². The maximum absolute atomic E-state index is 10.8. The molecule has 0 saturated carbocycles. The predicted molar refractivity (Wildman–Crippen MR) is 83.3 cm³/mol. The zero-order valence-corrected chi connectivity index (χ0v) is 12.6.